The Morgan fingerprint density at radius 3 is 2.79 bits per heavy atom. The van der Waals surface area contributed by atoms with Crippen molar-refractivity contribution in [3.05, 3.63) is 24.5 Å². The van der Waals surface area contributed by atoms with Gasteiger partial charge in [-0.2, -0.15) is 0 Å². The maximum Gasteiger partial charge on any atom is 0.180 e. The molecule has 0 saturated heterocycles. The summed E-state index contributed by atoms with van der Waals surface area (Å²) in [5, 5.41) is 1.03. The van der Waals surface area contributed by atoms with Gasteiger partial charge in [0, 0.05) is 30.3 Å². The number of aromatic nitrogens is 3. The van der Waals surface area contributed by atoms with Crippen LogP contribution >= 0.6 is 15.9 Å². The van der Waals surface area contributed by atoms with Crippen LogP contribution in [0.25, 0.3) is 11.2 Å². The van der Waals surface area contributed by atoms with Crippen LogP contribution in [0.1, 0.15) is 25.7 Å². The molecule has 0 aliphatic heterocycles. The highest BCUT2D eigenvalue weighted by molar-refractivity contribution is 9.09. The molecule has 0 unspecified atom stereocenters. The Morgan fingerprint density at radius 1 is 1.21 bits per heavy atom. The fourth-order valence-electron chi connectivity index (χ4n) is 2.42. The molecule has 2 heterocycles. The van der Waals surface area contributed by atoms with Crippen molar-refractivity contribution < 1.29 is 0 Å². The summed E-state index contributed by atoms with van der Waals surface area (Å²) in [4.78, 5) is 15.7. The van der Waals surface area contributed by atoms with E-state index < -0.39 is 0 Å². The van der Waals surface area contributed by atoms with E-state index in [1.165, 1.54) is 19.3 Å². The molecule has 0 atom stereocenters. The summed E-state index contributed by atoms with van der Waals surface area (Å²) >= 11 is 3.51. The van der Waals surface area contributed by atoms with Crippen molar-refractivity contribution in [1.82, 2.24) is 15.0 Å². The average Bonchev–Trinajstić information content (AvgIpc) is 2.40. The molecule has 2 aromatic heterocycles. The lowest BCUT2D eigenvalue weighted by Crippen LogP contribution is -2.41. The first-order valence-corrected chi connectivity index (χ1v) is 7.91. The Balaban J connectivity index is 1.89. The standard InChI is InChI=1S/C14H17BrN4/c15-7-2-10-19(11-3-1-4-11)13-6-5-12-14(18-13)17-9-8-16-12/h5-6,8-9,11H,1-4,7,10H2. The molecule has 1 saturated carbocycles. The lowest BCUT2D eigenvalue weighted by Gasteiger charge is -2.38. The third-order valence-corrected chi connectivity index (χ3v) is 4.22. The first-order chi connectivity index (χ1) is 9.38. The highest BCUT2D eigenvalue weighted by Gasteiger charge is 2.25. The summed E-state index contributed by atoms with van der Waals surface area (Å²) in [7, 11) is 0. The predicted molar refractivity (Wildman–Crippen MR) is 80.7 cm³/mol. The molecule has 19 heavy (non-hydrogen) atoms. The van der Waals surface area contributed by atoms with Gasteiger partial charge in [0.25, 0.3) is 0 Å². The molecule has 5 heteroatoms. The van der Waals surface area contributed by atoms with E-state index in [0.717, 1.165) is 35.3 Å². The number of hydrogen-bond acceptors (Lipinski definition) is 4. The molecule has 3 rings (SSSR count). The van der Waals surface area contributed by atoms with Crippen LogP contribution in [0.15, 0.2) is 24.5 Å². The summed E-state index contributed by atoms with van der Waals surface area (Å²) in [5.74, 6) is 1.04. The second kappa shape index (κ2) is 5.82. The highest BCUT2D eigenvalue weighted by atomic mass is 79.9. The number of alkyl halides is 1. The SMILES string of the molecule is BrCCCN(c1ccc2nccnc2n1)C1CCC1. The van der Waals surface area contributed by atoms with E-state index in [0.29, 0.717) is 6.04 Å². The van der Waals surface area contributed by atoms with Crippen molar-refractivity contribution in [1.29, 1.82) is 0 Å². The lowest BCUT2D eigenvalue weighted by molar-refractivity contribution is 0.384. The second-order valence-corrected chi connectivity index (χ2v) is 5.68. The number of nitrogens with zero attached hydrogens (tertiary/aromatic N) is 4. The molecular formula is C14H17BrN4. The van der Waals surface area contributed by atoms with Gasteiger partial charge in [-0.1, -0.05) is 15.9 Å². The van der Waals surface area contributed by atoms with Gasteiger partial charge in [-0.05, 0) is 37.8 Å². The van der Waals surface area contributed by atoms with Crippen LogP contribution < -0.4 is 4.90 Å². The molecule has 0 aromatic carbocycles. The van der Waals surface area contributed by atoms with Crippen LogP contribution in [0, 0.1) is 0 Å². The van der Waals surface area contributed by atoms with Crippen LogP contribution in [0.5, 0.6) is 0 Å². The highest BCUT2D eigenvalue weighted by Crippen LogP contribution is 2.29. The molecule has 1 aliphatic carbocycles. The van der Waals surface area contributed by atoms with Crippen molar-refractivity contribution in [2.45, 2.75) is 31.7 Å². The zero-order valence-electron chi connectivity index (χ0n) is 10.8. The molecule has 0 N–H and O–H groups in total. The molecule has 0 spiro atoms. The average molecular weight is 321 g/mol. The van der Waals surface area contributed by atoms with Gasteiger partial charge < -0.3 is 4.90 Å². The molecule has 1 fully saturated rings. The van der Waals surface area contributed by atoms with E-state index in [1.54, 1.807) is 12.4 Å². The number of fused-ring (bicyclic) bond motifs is 1. The van der Waals surface area contributed by atoms with Crippen LogP contribution in [-0.4, -0.2) is 32.9 Å². The first-order valence-electron chi connectivity index (χ1n) is 6.79. The Morgan fingerprint density at radius 2 is 2.05 bits per heavy atom. The summed E-state index contributed by atoms with van der Waals surface area (Å²) in [5.41, 5.74) is 1.60. The van der Waals surface area contributed by atoms with Gasteiger partial charge in [-0.3, -0.25) is 4.98 Å². The Kier molecular flexibility index (Phi) is 3.92. The minimum atomic E-state index is 0.653. The van der Waals surface area contributed by atoms with Crippen molar-refractivity contribution in [2.75, 3.05) is 16.8 Å². The van der Waals surface area contributed by atoms with Gasteiger partial charge in [0.2, 0.25) is 0 Å². The van der Waals surface area contributed by atoms with Crippen molar-refractivity contribution in [2.24, 2.45) is 0 Å². The fraction of sp³-hybridized carbons (Fsp3) is 0.500. The molecule has 2 aromatic rings. The Labute approximate surface area is 121 Å². The van der Waals surface area contributed by atoms with Crippen molar-refractivity contribution in [3.8, 4) is 0 Å². The number of pyridine rings is 1. The van der Waals surface area contributed by atoms with E-state index in [-0.39, 0.29) is 0 Å². The van der Waals surface area contributed by atoms with E-state index >= 15 is 0 Å². The van der Waals surface area contributed by atoms with Gasteiger partial charge in [0.05, 0.1) is 0 Å². The van der Waals surface area contributed by atoms with Gasteiger partial charge in [-0.25, -0.2) is 9.97 Å². The fourth-order valence-corrected chi connectivity index (χ4v) is 2.67. The zero-order valence-corrected chi connectivity index (χ0v) is 12.4. The maximum atomic E-state index is 4.67. The third kappa shape index (κ3) is 2.71. The van der Waals surface area contributed by atoms with Gasteiger partial charge >= 0.3 is 0 Å². The van der Waals surface area contributed by atoms with E-state index in [4.69, 9.17) is 0 Å². The number of rotatable bonds is 5. The van der Waals surface area contributed by atoms with E-state index in [2.05, 4.69) is 41.8 Å². The van der Waals surface area contributed by atoms with Crippen LogP contribution in [0.2, 0.25) is 0 Å². The molecule has 100 valence electrons. The topological polar surface area (TPSA) is 41.9 Å². The minimum absolute atomic E-state index is 0.653. The minimum Gasteiger partial charge on any atom is -0.354 e. The molecular weight excluding hydrogens is 304 g/mol. The molecule has 0 radical (unpaired) electrons. The van der Waals surface area contributed by atoms with Gasteiger partial charge in [0.1, 0.15) is 11.3 Å². The molecule has 0 bridgehead atoms. The Hall–Kier alpha value is -1.23. The first kappa shape index (κ1) is 12.8. The summed E-state index contributed by atoms with van der Waals surface area (Å²) in [6.07, 6.45) is 8.44. The zero-order chi connectivity index (χ0) is 13.1. The number of hydrogen-bond donors (Lipinski definition) is 0. The second-order valence-electron chi connectivity index (χ2n) is 4.89. The summed E-state index contributed by atoms with van der Waals surface area (Å²) in [6, 6.07) is 4.74. The number of halogens is 1. The monoisotopic (exact) mass is 320 g/mol. The molecule has 1 aliphatic rings. The third-order valence-electron chi connectivity index (χ3n) is 3.66. The lowest BCUT2D eigenvalue weighted by atomic mass is 9.91. The van der Waals surface area contributed by atoms with Gasteiger partial charge in [-0.15, -0.1) is 0 Å². The smallest absolute Gasteiger partial charge is 0.180 e. The quantitative estimate of drug-likeness (QED) is 0.793. The molecule has 4 nitrogen and oxygen atoms in total. The maximum absolute atomic E-state index is 4.67. The Bertz CT molecular complexity index is 556. The summed E-state index contributed by atoms with van der Waals surface area (Å²) < 4.78 is 0. The van der Waals surface area contributed by atoms with Gasteiger partial charge in [0.15, 0.2) is 5.65 Å². The summed E-state index contributed by atoms with van der Waals surface area (Å²) in [6.45, 7) is 1.05. The number of anilines is 1. The van der Waals surface area contributed by atoms with Crippen molar-refractivity contribution in [3.63, 3.8) is 0 Å². The largest absolute Gasteiger partial charge is 0.354 e. The van der Waals surface area contributed by atoms with Crippen LogP contribution in [-0.2, 0) is 0 Å². The predicted octanol–water partition coefficient (Wildman–Crippen LogP) is 3.17. The van der Waals surface area contributed by atoms with Crippen LogP contribution in [0.4, 0.5) is 5.82 Å². The van der Waals surface area contributed by atoms with E-state index in [9.17, 15) is 0 Å². The normalized spacial score (nSPS) is 15.4. The molecule has 0 amide bonds. The van der Waals surface area contributed by atoms with Crippen LogP contribution in [0.3, 0.4) is 0 Å². The van der Waals surface area contributed by atoms with Crippen molar-refractivity contribution >= 4 is 32.9 Å². The van der Waals surface area contributed by atoms with E-state index in [1.807, 2.05) is 6.07 Å².